The summed E-state index contributed by atoms with van der Waals surface area (Å²) < 4.78 is 13.3. The molecule has 22 heavy (non-hydrogen) atoms. The molecule has 0 bridgehead atoms. The zero-order valence-electron chi connectivity index (χ0n) is 14.0. The van der Waals surface area contributed by atoms with Crippen LogP contribution >= 0.6 is 0 Å². The van der Waals surface area contributed by atoms with E-state index in [2.05, 4.69) is 23.1 Å². The van der Waals surface area contributed by atoms with E-state index in [0.29, 0.717) is 11.3 Å². The minimum Gasteiger partial charge on any atom is -0.381 e. The fourth-order valence-electron chi connectivity index (χ4n) is 3.99. The largest absolute Gasteiger partial charge is 0.381 e. The number of hydrogen-bond donors (Lipinski definition) is 0. The van der Waals surface area contributed by atoms with Crippen LogP contribution in [0.4, 0.5) is 0 Å². The van der Waals surface area contributed by atoms with Gasteiger partial charge in [-0.3, -0.25) is 9.58 Å². The molecule has 0 aliphatic carbocycles. The third-order valence-corrected chi connectivity index (χ3v) is 5.47. The Morgan fingerprint density at radius 3 is 2.86 bits per heavy atom. The molecule has 2 fully saturated rings. The quantitative estimate of drug-likeness (QED) is 0.835. The molecule has 124 valence electrons. The molecule has 2 saturated heterocycles. The molecule has 0 radical (unpaired) electrons. The highest BCUT2D eigenvalue weighted by Gasteiger charge is 2.43. The molecule has 1 aromatic rings. The summed E-state index contributed by atoms with van der Waals surface area (Å²) in [7, 11) is 1.98. The van der Waals surface area contributed by atoms with Gasteiger partial charge in [0.2, 0.25) is 0 Å². The van der Waals surface area contributed by atoms with Gasteiger partial charge in [0.15, 0.2) is 0 Å². The van der Waals surface area contributed by atoms with Gasteiger partial charge >= 0.3 is 0 Å². The van der Waals surface area contributed by atoms with Crippen LogP contribution in [0, 0.1) is 11.3 Å². The Kier molecular flexibility index (Phi) is 5.16. The first-order valence-corrected chi connectivity index (χ1v) is 8.57. The van der Waals surface area contributed by atoms with E-state index in [1.54, 1.807) is 0 Å². The first kappa shape index (κ1) is 16.0. The van der Waals surface area contributed by atoms with Crippen LogP contribution in [0.1, 0.15) is 31.7 Å². The zero-order chi connectivity index (χ0) is 15.4. The van der Waals surface area contributed by atoms with E-state index < -0.39 is 0 Å². The molecule has 0 unspecified atom stereocenters. The van der Waals surface area contributed by atoms with E-state index in [1.165, 1.54) is 37.9 Å². The molecule has 3 heterocycles. The van der Waals surface area contributed by atoms with Crippen LogP contribution in [0.15, 0.2) is 12.4 Å². The standard InChI is InChI=1S/C17H29N3O2/c1-3-21-13-16-14-22-9-6-17(16)4-7-20(8-5-17)12-15-10-18-19(2)11-15/h10-11,16H,3-9,12-14H2,1-2H3/t16-/m0/s1. The van der Waals surface area contributed by atoms with E-state index in [0.717, 1.165) is 33.0 Å². The topological polar surface area (TPSA) is 39.5 Å². The highest BCUT2D eigenvalue weighted by molar-refractivity contribution is 5.04. The lowest BCUT2D eigenvalue weighted by molar-refractivity contribution is -0.0993. The summed E-state index contributed by atoms with van der Waals surface area (Å²) in [6, 6.07) is 0. The van der Waals surface area contributed by atoms with E-state index in [-0.39, 0.29) is 0 Å². The van der Waals surface area contributed by atoms with Gasteiger partial charge in [-0.25, -0.2) is 0 Å². The summed E-state index contributed by atoms with van der Waals surface area (Å²) in [6.45, 7) is 8.92. The minimum atomic E-state index is 0.443. The predicted octanol–water partition coefficient (Wildman–Crippen LogP) is 2.08. The number of piperidine rings is 1. The average molecular weight is 307 g/mol. The molecule has 5 nitrogen and oxygen atoms in total. The van der Waals surface area contributed by atoms with Crippen LogP contribution in [0.25, 0.3) is 0 Å². The summed E-state index contributed by atoms with van der Waals surface area (Å²) in [5.74, 6) is 0.571. The normalized spacial score (nSPS) is 25.6. The van der Waals surface area contributed by atoms with Gasteiger partial charge in [-0.15, -0.1) is 0 Å². The van der Waals surface area contributed by atoms with Crippen molar-refractivity contribution in [2.45, 2.75) is 32.7 Å². The second-order valence-electron chi connectivity index (χ2n) is 6.84. The van der Waals surface area contributed by atoms with Crippen LogP contribution < -0.4 is 0 Å². The molecular formula is C17H29N3O2. The van der Waals surface area contributed by atoms with Crippen LogP contribution in [0.3, 0.4) is 0 Å². The molecule has 0 saturated carbocycles. The highest BCUT2D eigenvalue weighted by Crippen LogP contribution is 2.45. The second-order valence-corrected chi connectivity index (χ2v) is 6.84. The SMILES string of the molecule is CCOC[C@H]1COCCC12CCN(Cc1cnn(C)c1)CC2. The number of rotatable bonds is 5. The van der Waals surface area contributed by atoms with Crippen molar-refractivity contribution in [1.29, 1.82) is 0 Å². The monoisotopic (exact) mass is 307 g/mol. The maximum absolute atomic E-state index is 5.73. The van der Waals surface area contributed by atoms with Gasteiger partial charge in [0.1, 0.15) is 0 Å². The zero-order valence-corrected chi connectivity index (χ0v) is 14.0. The molecule has 0 N–H and O–H groups in total. The summed E-state index contributed by atoms with van der Waals surface area (Å²) in [5, 5.41) is 4.27. The molecule has 5 heteroatoms. The van der Waals surface area contributed by atoms with Crippen molar-refractivity contribution in [2.75, 3.05) is 39.5 Å². The molecule has 0 aromatic carbocycles. The van der Waals surface area contributed by atoms with Crippen molar-refractivity contribution < 1.29 is 9.47 Å². The Bertz CT molecular complexity index is 466. The Labute approximate surface area is 133 Å². The van der Waals surface area contributed by atoms with Gasteiger partial charge in [0, 0.05) is 44.5 Å². The minimum absolute atomic E-state index is 0.443. The summed E-state index contributed by atoms with van der Waals surface area (Å²) in [6.07, 6.45) is 7.85. The number of likely N-dealkylation sites (tertiary alicyclic amines) is 1. The Hall–Kier alpha value is -0.910. The van der Waals surface area contributed by atoms with Gasteiger partial charge in [-0.1, -0.05) is 0 Å². The number of aryl methyl sites for hydroxylation is 1. The molecule has 1 spiro atoms. The number of ether oxygens (including phenoxy) is 2. The van der Waals surface area contributed by atoms with Crippen molar-refractivity contribution >= 4 is 0 Å². The van der Waals surface area contributed by atoms with Crippen LogP contribution in [-0.4, -0.2) is 54.2 Å². The predicted molar refractivity (Wildman–Crippen MR) is 85.6 cm³/mol. The van der Waals surface area contributed by atoms with Gasteiger partial charge in [0.05, 0.1) is 19.4 Å². The molecule has 0 amide bonds. The van der Waals surface area contributed by atoms with E-state index in [4.69, 9.17) is 9.47 Å². The van der Waals surface area contributed by atoms with E-state index in [1.807, 2.05) is 17.9 Å². The summed E-state index contributed by atoms with van der Waals surface area (Å²) in [5.41, 5.74) is 1.76. The lowest BCUT2D eigenvalue weighted by Gasteiger charge is -2.49. The molecule has 1 atom stereocenters. The van der Waals surface area contributed by atoms with Gasteiger partial charge in [-0.05, 0) is 44.7 Å². The van der Waals surface area contributed by atoms with Crippen molar-refractivity contribution in [3.05, 3.63) is 18.0 Å². The average Bonchev–Trinajstić information content (AvgIpc) is 2.94. The lowest BCUT2D eigenvalue weighted by Crippen LogP contribution is -2.49. The number of nitrogens with zero attached hydrogens (tertiary/aromatic N) is 3. The first-order valence-electron chi connectivity index (χ1n) is 8.57. The number of aromatic nitrogens is 2. The molecule has 2 aliphatic rings. The number of hydrogen-bond acceptors (Lipinski definition) is 4. The highest BCUT2D eigenvalue weighted by atomic mass is 16.5. The maximum Gasteiger partial charge on any atom is 0.0534 e. The van der Waals surface area contributed by atoms with Crippen LogP contribution in [0.2, 0.25) is 0 Å². The van der Waals surface area contributed by atoms with Crippen molar-refractivity contribution in [3.8, 4) is 0 Å². The Balaban J connectivity index is 1.56. The maximum atomic E-state index is 5.73. The van der Waals surface area contributed by atoms with Crippen molar-refractivity contribution in [2.24, 2.45) is 18.4 Å². The molecule has 3 rings (SSSR count). The fraction of sp³-hybridized carbons (Fsp3) is 0.824. The molecule has 1 aromatic heterocycles. The summed E-state index contributed by atoms with van der Waals surface area (Å²) in [4.78, 5) is 2.56. The Morgan fingerprint density at radius 1 is 1.36 bits per heavy atom. The lowest BCUT2D eigenvalue weighted by atomic mass is 9.66. The first-order chi connectivity index (χ1) is 10.7. The van der Waals surface area contributed by atoms with Crippen LogP contribution in [-0.2, 0) is 23.1 Å². The third-order valence-electron chi connectivity index (χ3n) is 5.47. The Morgan fingerprint density at radius 2 is 2.18 bits per heavy atom. The van der Waals surface area contributed by atoms with E-state index >= 15 is 0 Å². The van der Waals surface area contributed by atoms with E-state index in [9.17, 15) is 0 Å². The fourth-order valence-corrected chi connectivity index (χ4v) is 3.99. The molecular weight excluding hydrogens is 278 g/mol. The van der Waals surface area contributed by atoms with Crippen LogP contribution in [0.5, 0.6) is 0 Å². The second kappa shape index (κ2) is 7.11. The van der Waals surface area contributed by atoms with Gasteiger partial charge < -0.3 is 9.47 Å². The van der Waals surface area contributed by atoms with Gasteiger partial charge in [0.25, 0.3) is 0 Å². The third kappa shape index (κ3) is 3.53. The van der Waals surface area contributed by atoms with Crippen molar-refractivity contribution in [3.63, 3.8) is 0 Å². The summed E-state index contributed by atoms with van der Waals surface area (Å²) >= 11 is 0. The molecule has 2 aliphatic heterocycles. The smallest absolute Gasteiger partial charge is 0.0534 e. The van der Waals surface area contributed by atoms with Crippen molar-refractivity contribution in [1.82, 2.24) is 14.7 Å². The van der Waals surface area contributed by atoms with Gasteiger partial charge in [-0.2, -0.15) is 5.10 Å².